The number of carbonyl (C=O) groups excluding carboxylic acids is 1. The van der Waals surface area contributed by atoms with Crippen LogP contribution in [0.5, 0.6) is 0 Å². The van der Waals surface area contributed by atoms with Gasteiger partial charge in [0.15, 0.2) is 0 Å². The zero-order valence-corrected chi connectivity index (χ0v) is 22.0. The number of hydrogen-bond donors (Lipinski definition) is 1. The number of thiazole rings is 1. The first-order chi connectivity index (χ1) is 16.7. The Morgan fingerprint density at radius 3 is 2.62 bits per heavy atom. The Hall–Kier alpha value is -1.72. The Balaban J connectivity index is 1.30. The first-order valence-electron chi connectivity index (χ1n) is 13.8. The molecule has 0 bridgehead atoms. The molecule has 1 saturated heterocycles. The van der Waals surface area contributed by atoms with E-state index in [2.05, 4.69) is 59.4 Å². The molecule has 2 heterocycles. The summed E-state index contributed by atoms with van der Waals surface area (Å²) in [5.41, 5.74) is 2.10. The normalized spacial score (nSPS) is 23.0. The van der Waals surface area contributed by atoms with E-state index in [-0.39, 0.29) is 11.9 Å². The van der Waals surface area contributed by atoms with Gasteiger partial charge in [-0.25, -0.2) is 0 Å². The van der Waals surface area contributed by atoms with Crippen molar-refractivity contribution in [3.05, 3.63) is 52.0 Å². The van der Waals surface area contributed by atoms with Gasteiger partial charge >= 0.3 is 5.91 Å². The van der Waals surface area contributed by atoms with Crippen LogP contribution < -0.4 is 10.3 Å². The summed E-state index contributed by atoms with van der Waals surface area (Å²) in [4.78, 5) is 19.3. The maximum absolute atomic E-state index is 13.1. The van der Waals surface area contributed by atoms with Crippen LogP contribution in [-0.4, -0.2) is 36.5 Å². The Labute approximate surface area is 210 Å². The lowest BCUT2D eigenvalue weighted by atomic mass is 9.80. The number of carbonyl (C=O) groups is 1. The molecule has 3 atom stereocenters. The first-order valence-corrected chi connectivity index (χ1v) is 14.6. The average Bonchev–Trinajstić information content (AvgIpc) is 3.38. The number of unbranched alkanes of at least 4 members (excludes halogenated alkanes) is 1. The van der Waals surface area contributed by atoms with Crippen LogP contribution in [0.25, 0.3) is 0 Å². The zero-order chi connectivity index (χ0) is 23.8. The number of likely N-dealkylation sites (tertiary alicyclic amines) is 1. The molecule has 2 fully saturated rings. The minimum absolute atomic E-state index is 0.0643. The maximum atomic E-state index is 13.1. The third-order valence-corrected chi connectivity index (χ3v) is 9.18. The molecule has 1 saturated carbocycles. The van der Waals surface area contributed by atoms with Crippen LogP contribution in [0.3, 0.4) is 0 Å². The SMILES string of the molecule is CCCCC(CC)CN1CCC(c2[nH+]c(C(=O)NC3CCCCC3c3ccccc3)cs2)CC1. The van der Waals surface area contributed by atoms with Crippen LogP contribution in [0.1, 0.15) is 111 Å². The van der Waals surface area contributed by atoms with E-state index in [1.54, 1.807) is 11.3 Å². The van der Waals surface area contributed by atoms with E-state index in [0.717, 1.165) is 24.5 Å². The van der Waals surface area contributed by atoms with Gasteiger partial charge in [-0.3, -0.25) is 4.79 Å². The molecule has 3 unspecified atom stereocenters. The lowest BCUT2D eigenvalue weighted by Crippen LogP contribution is -2.42. The highest BCUT2D eigenvalue weighted by atomic mass is 32.1. The molecule has 0 radical (unpaired) electrons. The molecule has 1 aliphatic carbocycles. The van der Waals surface area contributed by atoms with Gasteiger partial charge in [-0.15, -0.1) is 0 Å². The minimum atomic E-state index is 0.0643. The van der Waals surface area contributed by atoms with Gasteiger partial charge in [0.25, 0.3) is 5.69 Å². The largest absolute Gasteiger partial charge is 0.343 e. The van der Waals surface area contributed by atoms with E-state index in [0.29, 0.717) is 11.8 Å². The number of benzene rings is 1. The van der Waals surface area contributed by atoms with Gasteiger partial charge in [0.05, 0.1) is 11.3 Å². The fourth-order valence-corrected chi connectivity index (χ4v) is 6.94. The smallest absolute Gasteiger partial charge is 0.317 e. The molecule has 1 aromatic carbocycles. The fraction of sp³-hybridized carbons (Fsp3) is 0.655. The number of hydrogen-bond acceptors (Lipinski definition) is 3. The van der Waals surface area contributed by atoms with E-state index in [1.807, 2.05) is 5.38 Å². The second-order valence-corrected chi connectivity index (χ2v) is 11.4. The highest BCUT2D eigenvalue weighted by molar-refractivity contribution is 7.09. The number of amides is 1. The van der Waals surface area contributed by atoms with Crippen molar-refractivity contribution in [1.82, 2.24) is 10.2 Å². The van der Waals surface area contributed by atoms with E-state index in [4.69, 9.17) is 0 Å². The van der Waals surface area contributed by atoms with Crippen LogP contribution in [0.4, 0.5) is 0 Å². The highest BCUT2D eigenvalue weighted by Gasteiger charge is 2.32. The van der Waals surface area contributed by atoms with Crippen molar-refractivity contribution in [2.75, 3.05) is 19.6 Å². The summed E-state index contributed by atoms with van der Waals surface area (Å²) in [6.45, 7) is 8.26. The van der Waals surface area contributed by atoms with Gasteiger partial charge in [-0.1, -0.05) is 87.6 Å². The summed E-state index contributed by atoms with van der Waals surface area (Å²) >= 11 is 1.74. The summed E-state index contributed by atoms with van der Waals surface area (Å²) < 4.78 is 0. The molecular weight excluding hydrogens is 438 g/mol. The Kier molecular flexibility index (Phi) is 9.58. The Morgan fingerprint density at radius 1 is 1.12 bits per heavy atom. The van der Waals surface area contributed by atoms with E-state index < -0.39 is 0 Å². The summed E-state index contributed by atoms with van der Waals surface area (Å²) in [6, 6.07) is 10.9. The van der Waals surface area contributed by atoms with Crippen molar-refractivity contribution < 1.29 is 9.78 Å². The molecule has 2 aliphatic rings. The van der Waals surface area contributed by atoms with Crippen LogP contribution >= 0.6 is 11.3 Å². The lowest BCUT2D eigenvalue weighted by Gasteiger charge is -2.32. The quantitative estimate of drug-likeness (QED) is 0.425. The molecule has 2 aromatic rings. The summed E-state index contributed by atoms with van der Waals surface area (Å²) in [7, 11) is 0. The minimum Gasteiger partial charge on any atom is -0.343 e. The number of piperidine rings is 1. The molecule has 1 aromatic heterocycles. The van der Waals surface area contributed by atoms with E-state index >= 15 is 0 Å². The molecule has 5 heteroatoms. The van der Waals surface area contributed by atoms with Gasteiger partial charge in [-0.2, -0.15) is 4.98 Å². The van der Waals surface area contributed by atoms with Gasteiger partial charge in [0, 0.05) is 18.5 Å². The van der Waals surface area contributed by atoms with Gasteiger partial charge in [0.2, 0.25) is 5.01 Å². The first kappa shape index (κ1) is 25.4. The molecule has 0 spiro atoms. The summed E-state index contributed by atoms with van der Waals surface area (Å²) in [5.74, 6) is 1.89. The number of nitrogens with one attached hydrogen (secondary N) is 2. The highest BCUT2D eigenvalue weighted by Crippen LogP contribution is 2.33. The fourth-order valence-electron chi connectivity index (χ4n) is 5.93. The lowest BCUT2D eigenvalue weighted by molar-refractivity contribution is -0.389. The van der Waals surface area contributed by atoms with Crippen molar-refractivity contribution in [2.45, 2.75) is 95.9 Å². The number of nitrogens with zero attached hydrogens (tertiary/aromatic N) is 1. The third kappa shape index (κ3) is 6.69. The summed E-state index contributed by atoms with van der Waals surface area (Å²) in [5, 5.41) is 6.70. The third-order valence-electron chi connectivity index (χ3n) is 8.13. The number of aromatic nitrogens is 1. The zero-order valence-electron chi connectivity index (χ0n) is 21.2. The number of H-pyrrole nitrogens is 1. The molecule has 4 rings (SSSR count). The molecule has 186 valence electrons. The Morgan fingerprint density at radius 2 is 1.88 bits per heavy atom. The molecule has 2 N–H and O–H groups in total. The van der Waals surface area contributed by atoms with Crippen molar-refractivity contribution in [1.29, 1.82) is 0 Å². The molecule has 1 aliphatic heterocycles. The van der Waals surface area contributed by atoms with Gasteiger partial charge in [0.1, 0.15) is 0 Å². The van der Waals surface area contributed by atoms with Crippen LogP contribution in [0, 0.1) is 5.92 Å². The second kappa shape index (κ2) is 12.8. The molecule has 34 heavy (non-hydrogen) atoms. The van der Waals surface area contributed by atoms with E-state index in [1.165, 1.54) is 81.6 Å². The monoisotopic (exact) mass is 482 g/mol. The average molecular weight is 483 g/mol. The number of aromatic amines is 1. The molecule has 4 nitrogen and oxygen atoms in total. The predicted octanol–water partition coefficient (Wildman–Crippen LogP) is 6.41. The number of rotatable bonds is 10. The van der Waals surface area contributed by atoms with Crippen molar-refractivity contribution in [2.24, 2.45) is 5.92 Å². The topological polar surface area (TPSA) is 46.5 Å². The summed E-state index contributed by atoms with van der Waals surface area (Å²) in [6.07, 6.45) is 12.4. The maximum Gasteiger partial charge on any atom is 0.317 e. The van der Waals surface area contributed by atoms with Crippen molar-refractivity contribution in [3.8, 4) is 0 Å². The molecular formula is C29H44N3OS+. The Bertz CT molecular complexity index is 875. The molecule has 1 amide bonds. The van der Waals surface area contributed by atoms with Gasteiger partial charge < -0.3 is 10.2 Å². The second-order valence-electron chi connectivity index (χ2n) is 10.5. The van der Waals surface area contributed by atoms with E-state index in [9.17, 15) is 4.79 Å². The van der Waals surface area contributed by atoms with Crippen molar-refractivity contribution in [3.63, 3.8) is 0 Å². The van der Waals surface area contributed by atoms with Gasteiger partial charge in [-0.05, 0) is 56.7 Å². The van der Waals surface area contributed by atoms with Crippen LogP contribution in [0.15, 0.2) is 35.7 Å². The van der Waals surface area contributed by atoms with Crippen molar-refractivity contribution >= 4 is 17.2 Å². The van der Waals surface area contributed by atoms with Crippen LogP contribution in [-0.2, 0) is 0 Å². The van der Waals surface area contributed by atoms with Crippen LogP contribution in [0.2, 0.25) is 0 Å². The standard InChI is InChI=1S/C29H43N3OS/c1-3-5-11-22(4-2)20-32-18-16-24(17-19-32)29-31-27(21-34-29)28(33)30-26-15-10-9-14-25(26)23-12-7-6-8-13-23/h6-8,12-13,21-22,24-26H,3-5,9-11,14-20H2,1-2H3,(H,30,33)/p+1. The predicted molar refractivity (Wildman–Crippen MR) is 142 cm³/mol.